The first-order valence-corrected chi connectivity index (χ1v) is 5.86. The molecule has 0 aliphatic rings. The van der Waals surface area contributed by atoms with E-state index in [2.05, 4.69) is 6.92 Å². The summed E-state index contributed by atoms with van der Waals surface area (Å²) in [6.07, 6.45) is 5.77. The van der Waals surface area contributed by atoms with Crippen molar-refractivity contribution in [2.75, 3.05) is 0 Å². The molecule has 0 aromatic rings. The molecular weight excluding hydrogens is 200 g/mol. The highest BCUT2D eigenvalue weighted by Crippen LogP contribution is 2.09. The Morgan fingerprint density at radius 3 is 2.43 bits per heavy atom. The summed E-state index contributed by atoms with van der Waals surface area (Å²) in [5, 5.41) is -0.534. The van der Waals surface area contributed by atoms with Crippen LogP contribution in [0.15, 0.2) is 0 Å². The van der Waals surface area contributed by atoms with Crippen LogP contribution in [0.3, 0.4) is 0 Å². The number of esters is 1. The van der Waals surface area contributed by atoms with E-state index in [0.717, 1.165) is 12.8 Å². The molecule has 0 radical (unpaired) electrons. The third kappa shape index (κ3) is 7.19. The van der Waals surface area contributed by atoms with Crippen LogP contribution in [-0.2, 0) is 9.53 Å². The Labute approximate surface area is 92.0 Å². The first-order valence-electron chi connectivity index (χ1n) is 5.42. The topological polar surface area (TPSA) is 26.3 Å². The lowest BCUT2D eigenvalue weighted by Gasteiger charge is -2.13. The van der Waals surface area contributed by atoms with Gasteiger partial charge in [0.2, 0.25) is 0 Å². The minimum atomic E-state index is -0.534. The summed E-state index contributed by atoms with van der Waals surface area (Å²) in [4.78, 5) is 11.1. The lowest BCUT2D eigenvalue weighted by Crippen LogP contribution is -2.20. The van der Waals surface area contributed by atoms with Gasteiger partial charge in [0.25, 0.3) is 0 Å². The van der Waals surface area contributed by atoms with E-state index in [-0.39, 0.29) is 12.1 Å². The van der Waals surface area contributed by atoms with Gasteiger partial charge in [0.15, 0.2) is 0 Å². The van der Waals surface area contributed by atoms with Gasteiger partial charge in [0, 0.05) is 0 Å². The molecule has 2 nitrogen and oxygen atoms in total. The molecule has 0 aliphatic carbocycles. The first-order chi connectivity index (χ1) is 6.57. The zero-order chi connectivity index (χ0) is 11.0. The molecule has 0 bridgehead atoms. The SMILES string of the molecule is CCCCCC[C@@H](C)OC(=O)[C@@H](C)Cl. The van der Waals surface area contributed by atoms with Gasteiger partial charge in [0.05, 0.1) is 6.10 Å². The van der Waals surface area contributed by atoms with Crippen LogP contribution in [0.5, 0.6) is 0 Å². The van der Waals surface area contributed by atoms with E-state index in [1.165, 1.54) is 19.3 Å². The summed E-state index contributed by atoms with van der Waals surface area (Å²) in [6.45, 7) is 5.73. The zero-order valence-corrected chi connectivity index (χ0v) is 10.1. The van der Waals surface area contributed by atoms with Crippen molar-refractivity contribution in [2.45, 2.75) is 64.4 Å². The number of carbonyl (C=O) groups excluding carboxylic acids is 1. The molecule has 14 heavy (non-hydrogen) atoms. The van der Waals surface area contributed by atoms with Gasteiger partial charge in [-0.1, -0.05) is 26.2 Å². The molecule has 0 saturated heterocycles. The van der Waals surface area contributed by atoms with E-state index in [1.54, 1.807) is 6.92 Å². The highest BCUT2D eigenvalue weighted by atomic mass is 35.5. The van der Waals surface area contributed by atoms with E-state index in [0.29, 0.717) is 0 Å². The number of hydrogen-bond donors (Lipinski definition) is 0. The maximum Gasteiger partial charge on any atom is 0.324 e. The second-order valence-electron chi connectivity index (χ2n) is 3.71. The van der Waals surface area contributed by atoms with Crippen molar-refractivity contribution in [3.63, 3.8) is 0 Å². The summed E-state index contributed by atoms with van der Waals surface area (Å²) >= 11 is 5.58. The molecule has 0 rings (SSSR count). The van der Waals surface area contributed by atoms with Gasteiger partial charge in [-0.2, -0.15) is 0 Å². The molecule has 84 valence electrons. The maximum atomic E-state index is 11.1. The van der Waals surface area contributed by atoms with E-state index < -0.39 is 5.38 Å². The molecule has 0 aromatic heterocycles. The van der Waals surface area contributed by atoms with Crippen LogP contribution < -0.4 is 0 Å². The molecule has 0 unspecified atom stereocenters. The second kappa shape index (κ2) is 8.10. The second-order valence-corrected chi connectivity index (χ2v) is 4.37. The highest BCUT2D eigenvalue weighted by molar-refractivity contribution is 6.29. The van der Waals surface area contributed by atoms with Gasteiger partial charge in [-0.15, -0.1) is 11.6 Å². The van der Waals surface area contributed by atoms with Crippen LogP contribution in [0.4, 0.5) is 0 Å². The molecule has 0 aliphatic heterocycles. The van der Waals surface area contributed by atoms with Crippen LogP contribution in [0.25, 0.3) is 0 Å². The molecule has 0 aromatic carbocycles. The fourth-order valence-electron chi connectivity index (χ4n) is 1.21. The van der Waals surface area contributed by atoms with Gasteiger partial charge >= 0.3 is 5.97 Å². The fourth-order valence-corrected chi connectivity index (χ4v) is 1.26. The summed E-state index contributed by atoms with van der Waals surface area (Å²) in [7, 11) is 0. The highest BCUT2D eigenvalue weighted by Gasteiger charge is 2.13. The van der Waals surface area contributed by atoms with E-state index in [1.807, 2.05) is 6.92 Å². The third-order valence-electron chi connectivity index (χ3n) is 2.11. The number of rotatable bonds is 7. The van der Waals surface area contributed by atoms with Crippen molar-refractivity contribution in [1.29, 1.82) is 0 Å². The van der Waals surface area contributed by atoms with Crippen molar-refractivity contribution in [3.8, 4) is 0 Å². The Hall–Kier alpha value is -0.240. The number of ether oxygens (including phenoxy) is 1. The van der Waals surface area contributed by atoms with Crippen molar-refractivity contribution in [1.82, 2.24) is 0 Å². The van der Waals surface area contributed by atoms with Crippen LogP contribution >= 0.6 is 11.6 Å². The Bertz CT molecular complexity index is 157. The predicted molar refractivity (Wildman–Crippen MR) is 59.6 cm³/mol. The lowest BCUT2D eigenvalue weighted by atomic mass is 10.1. The smallest absolute Gasteiger partial charge is 0.324 e. The monoisotopic (exact) mass is 220 g/mol. The summed E-state index contributed by atoms with van der Waals surface area (Å²) in [6, 6.07) is 0. The average Bonchev–Trinajstić information content (AvgIpc) is 2.12. The molecule has 3 heteroatoms. The maximum absolute atomic E-state index is 11.1. The van der Waals surface area contributed by atoms with Crippen molar-refractivity contribution < 1.29 is 9.53 Å². The van der Waals surface area contributed by atoms with Crippen LogP contribution in [0.2, 0.25) is 0 Å². The van der Waals surface area contributed by atoms with Gasteiger partial charge < -0.3 is 4.74 Å². The van der Waals surface area contributed by atoms with Crippen LogP contribution in [0, 0.1) is 0 Å². The van der Waals surface area contributed by atoms with Crippen molar-refractivity contribution in [2.24, 2.45) is 0 Å². The van der Waals surface area contributed by atoms with Crippen LogP contribution in [-0.4, -0.2) is 17.5 Å². The number of hydrogen-bond acceptors (Lipinski definition) is 2. The molecular formula is C11H21ClO2. The molecule has 2 atom stereocenters. The minimum Gasteiger partial charge on any atom is -0.462 e. The van der Waals surface area contributed by atoms with Gasteiger partial charge in [-0.25, -0.2) is 0 Å². The van der Waals surface area contributed by atoms with Gasteiger partial charge in [-0.3, -0.25) is 4.79 Å². The molecule has 0 amide bonds. The fraction of sp³-hybridized carbons (Fsp3) is 0.909. The lowest BCUT2D eigenvalue weighted by molar-refractivity contribution is -0.147. The van der Waals surface area contributed by atoms with Crippen molar-refractivity contribution in [3.05, 3.63) is 0 Å². The third-order valence-corrected chi connectivity index (χ3v) is 2.28. The molecule has 0 heterocycles. The first kappa shape index (κ1) is 13.8. The standard InChI is InChI=1S/C11H21ClO2/c1-4-5-6-7-8-9(2)14-11(13)10(3)12/h9-10H,4-8H2,1-3H3/t9-,10-/m1/s1. The number of unbranched alkanes of at least 4 members (excludes halogenated alkanes) is 3. The Morgan fingerprint density at radius 1 is 1.29 bits per heavy atom. The van der Waals surface area contributed by atoms with Gasteiger partial charge in [0.1, 0.15) is 5.38 Å². The number of halogens is 1. The quantitative estimate of drug-likeness (QED) is 0.373. The minimum absolute atomic E-state index is 0.000515. The number of alkyl halides is 1. The molecule has 0 spiro atoms. The predicted octanol–water partition coefficient (Wildman–Crippen LogP) is 3.52. The van der Waals surface area contributed by atoms with E-state index in [9.17, 15) is 4.79 Å². The molecule has 0 saturated carbocycles. The molecule has 0 fully saturated rings. The Kier molecular flexibility index (Phi) is 7.96. The summed E-state index contributed by atoms with van der Waals surface area (Å²) in [5.41, 5.74) is 0. The van der Waals surface area contributed by atoms with E-state index in [4.69, 9.17) is 16.3 Å². The molecule has 0 N–H and O–H groups in total. The Morgan fingerprint density at radius 2 is 1.93 bits per heavy atom. The van der Waals surface area contributed by atoms with E-state index >= 15 is 0 Å². The zero-order valence-electron chi connectivity index (χ0n) is 9.38. The normalized spacial score (nSPS) is 14.9. The van der Waals surface area contributed by atoms with Crippen molar-refractivity contribution >= 4 is 17.6 Å². The summed E-state index contributed by atoms with van der Waals surface area (Å²) in [5.74, 6) is -0.311. The summed E-state index contributed by atoms with van der Waals surface area (Å²) < 4.78 is 5.12. The average molecular weight is 221 g/mol. The largest absolute Gasteiger partial charge is 0.462 e. The van der Waals surface area contributed by atoms with Crippen LogP contribution in [0.1, 0.15) is 52.9 Å². The number of carbonyl (C=O) groups is 1. The Balaban J connectivity index is 3.45. The van der Waals surface area contributed by atoms with Gasteiger partial charge in [-0.05, 0) is 26.7 Å².